The molecule has 0 radical (unpaired) electrons. The number of aromatic nitrogens is 1. The lowest BCUT2D eigenvalue weighted by Crippen LogP contribution is -2.14. The van der Waals surface area contributed by atoms with E-state index in [-0.39, 0.29) is 12.5 Å². The fraction of sp³-hybridized carbons (Fsp3) is 0.273. The summed E-state index contributed by atoms with van der Waals surface area (Å²) >= 11 is 0. The number of esters is 1. The van der Waals surface area contributed by atoms with Gasteiger partial charge in [-0.2, -0.15) is 0 Å². The van der Waals surface area contributed by atoms with Crippen LogP contribution in [0.2, 0.25) is 0 Å². The predicted molar refractivity (Wildman–Crippen MR) is 59.3 cm³/mol. The molecule has 5 nitrogen and oxygen atoms in total. The van der Waals surface area contributed by atoms with Gasteiger partial charge >= 0.3 is 5.97 Å². The van der Waals surface area contributed by atoms with Crippen LogP contribution in [0.3, 0.4) is 0 Å². The maximum atomic E-state index is 10.9. The molecule has 5 heteroatoms. The van der Waals surface area contributed by atoms with Crippen molar-refractivity contribution in [1.82, 2.24) is 4.98 Å². The average Bonchev–Trinajstić information content (AvgIpc) is 2.65. The van der Waals surface area contributed by atoms with Gasteiger partial charge in [0.05, 0.1) is 7.11 Å². The van der Waals surface area contributed by atoms with E-state index < -0.39 is 0 Å². The molecule has 16 heavy (non-hydrogen) atoms. The monoisotopic (exact) mass is 220 g/mol. The smallest absolute Gasteiger partial charge is 0.325 e. The van der Waals surface area contributed by atoms with Gasteiger partial charge in [0.25, 0.3) is 0 Å². The molecule has 1 heterocycles. The van der Waals surface area contributed by atoms with Crippen molar-refractivity contribution in [2.45, 2.75) is 6.92 Å². The van der Waals surface area contributed by atoms with Crippen LogP contribution < -0.4 is 5.32 Å². The normalized spacial score (nSPS) is 10.4. The first-order chi connectivity index (χ1) is 7.69. The molecule has 0 aliphatic rings. The third-order valence-electron chi connectivity index (χ3n) is 2.16. The first-order valence-corrected chi connectivity index (χ1v) is 4.87. The van der Waals surface area contributed by atoms with E-state index in [1.165, 1.54) is 7.11 Å². The molecule has 84 valence electrons. The minimum absolute atomic E-state index is 0.138. The molecule has 1 aromatic heterocycles. The summed E-state index contributed by atoms with van der Waals surface area (Å²) in [7, 11) is 1.36. The van der Waals surface area contributed by atoms with Crippen LogP contribution in [0.25, 0.3) is 11.1 Å². The summed E-state index contributed by atoms with van der Waals surface area (Å²) in [5, 5.41) is 2.94. The Bertz CT molecular complexity index is 519. The lowest BCUT2D eigenvalue weighted by Gasteiger charge is -2.03. The van der Waals surface area contributed by atoms with Crippen molar-refractivity contribution in [3.8, 4) is 0 Å². The zero-order valence-electron chi connectivity index (χ0n) is 9.11. The lowest BCUT2D eigenvalue weighted by molar-refractivity contribution is -0.138. The van der Waals surface area contributed by atoms with Gasteiger partial charge in [-0.25, -0.2) is 4.98 Å². The number of rotatable bonds is 3. The van der Waals surface area contributed by atoms with E-state index in [9.17, 15) is 4.79 Å². The van der Waals surface area contributed by atoms with Gasteiger partial charge < -0.3 is 14.5 Å². The third-order valence-corrected chi connectivity index (χ3v) is 2.16. The first kappa shape index (κ1) is 10.5. The molecule has 0 unspecified atom stereocenters. The van der Waals surface area contributed by atoms with Crippen LogP contribution in [-0.2, 0) is 9.53 Å². The van der Waals surface area contributed by atoms with Crippen LogP contribution >= 0.6 is 0 Å². The second-order valence-electron chi connectivity index (χ2n) is 3.35. The van der Waals surface area contributed by atoms with Crippen LogP contribution in [0.4, 0.5) is 5.69 Å². The van der Waals surface area contributed by atoms with Gasteiger partial charge in [0, 0.05) is 12.6 Å². The lowest BCUT2D eigenvalue weighted by atomic mass is 10.3. The Kier molecular flexibility index (Phi) is 2.76. The highest BCUT2D eigenvalue weighted by Gasteiger charge is 2.04. The molecule has 0 bridgehead atoms. The number of aryl methyl sites for hydroxylation is 1. The molecular formula is C11H12N2O3. The van der Waals surface area contributed by atoms with Crippen molar-refractivity contribution in [2.75, 3.05) is 19.0 Å². The minimum Gasteiger partial charge on any atom is -0.468 e. The van der Waals surface area contributed by atoms with Gasteiger partial charge in [-0.15, -0.1) is 0 Å². The van der Waals surface area contributed by atoms with Gasteiger partial charge in [0.2, 0.25) is 0 Å². The van der Waals surface area contributed by atoms with E-state index in [1.807, 2.05) is 18.2 Å². The molecular weight excluding hydrogens is 208 g/mol. The number of benzene rings is 1. The zero-order valence-corrected chi connectivity index (χ0v) is 9.11. The molecule has 0 atom stereocenters. The molecule has 1 N–H and O–H groups in total. The Morgan fingerprint density at radius 1 is 1.56 bits per heavy atom. The van der Waals surface area contributed by atoms with Crippen molar-refractivity contribution >= 4 is 22.8 Å². The highest BCUT2D eigenvalue weighted by atomic mass is 16.5. The fourth-order valence-electron chi connectivity index (χ4n) is 1.40. The van der Waals surface area contributed by atoms with E-state index in [4.69, 9.17) is 4.42 Å². The van der Waals surface area contributed by atoms with Crippen LogP contribution in [0, 0.1) is 6.92 Å². The van der Waals surface area contributed by atoms with Gasteiger partial charge in [0.1, 0.15) is 12.1 Å². The predicted octanol–water partition coefficient (Wildman–Crippen LogP) is 1.72. The summed E-state index contributed by atoms with van der Waals surface area (Å²) in [5.74, 6) is 0.316. The van der Waals surface area contributed by atoms with Crippen molar-refractivity contribution in [1.29, 1.82) is 0 Å². The van der Waals surface area contributed by atoms with E-state index >= 15 is 0 Å². The van der Waals surface area contributed by atoms with E-state index in [2.05, 4.69) is 15.0 Å². The minimum atomic E-state index is -0.309. The second kappa shape index (κ2) is 4.22. The Morgan fingerprint density at radius 2 is 2.38 bits per heavy atom. The van der Waals surface area contributed by atoms with Crippen LogP contribution in [-0.4, -0.2) is 24.6 Å². The molecule has 0 aliphatic heterocycles. The molecule has 0 aliphatic carbocycles. The number of ether oxygens (including phenoxy) is 1. The number of carbonyl (C=O) groups is 1. The summed E-state index contributed by atoms with van der Waals surface area (Å²) in [4.78, 5) is 15.1. The van der Waals surface area contributed by atoms with Crippen molar-refractivity contribution in [3.05, 3.63) is 24.1 Å². The number of nitrogens with one attached hydrogen (secondary N) is 1. The topological polar surface area (TPSA) is 64.4 Å². The number of nitrogens with zero attached hydrogens (tertiary/aromatic N) is 1. The average molecular weight is 220 g/mol. The molecule has 2 rings (SSSR count). The number of hydrogen-bond acceptors (Lipinski definition) is 5. The summed E-state index contributed by atoms with van der Waals surface area (Å²) in [6.45, 7) is 1.93. The van der Waals surface area contributed by atoms with Crippen molar-refractivity contribution < 1.29 is 13.9 Å². The molecule has 1 aromatic carbocycles. The number of carbonyl (C=O) groups excluding carboxylic acids is 1. The number of fused-ring (bicyclic) bond motifs is 1. The SMILES string of the molecule is COC(=O)CNc1ccc2oc(C)nc2c1. The van der Waals surface area contributed by atoms with E-state index in [0.717, 1.165) is 16.8 Å². The number of hydrogen-bond donors (Lipinski definition) is 1. The van der Waals surface area contributed by atoms with Crippen molar-refractivity contribution in [3.63, 3.8) is 0 Å². The number of anilines is 1. The second-order valence-corrected chi connectivity index (χ2v) is 3.35. The summed E-state index contributed by atoms with van der Waals surface area (Å²) in [5.41, 5.74) is 2.32. The number of oxazole rings is 1. The highest BCUT2D eigenvalue weighted by Crippen LogP contribution is 2.19. The Balaban J connectivity index is 2.16. The van der Waals surface area contributed by atoms with Gasteiger partial charge in [-0.3, -0.25) is 4.79 Å². The molecule has 0 spiro atoms. The Labute approximate surface area is 92.4 Å². The molecule has 0 saturated heterocycles. The maximum Gasteiger partial charge on any atom is 0.325 e. The highest BCUT2D eigenvalue weighted by molar-refractivity contribution is 5.79. The van der Waals surface area contributed by atoms with Crippen molar-refractivity contribution in [2.24, 2.45) is 0 Å². The van der Waals surface area contributed by atoms with E-state index in [0.29, 0.717) is 5.89 Å². The quantitative estimate of drug-likeness (QED) is 0.798. The van der Waals surface area contributed by atoms with Gasteiger partial charge in [-0.1, -0.05) is 0 Å². The molecule has 0 fully saturated rings. The summed E-state index contributed by atoms with van der Waals surface area (Å²) in [6.07, 6.45) is 0. The fourth-order valence-corrected chi connectivity index (χ4v) is 1.40. The summed E-state index contributed by atoms with van der Waals surface area (Å²) < 4.78 is 9.87. The maximum absolute atomic E-state index is 10.9. The number of methoxy groups -OCH3 is 1. The third kappa shape index (κ3) is 2.13. The summed E-state index contributed by atoms with van der Waals surface area (Å²) in [6, 6.07) is 5.47. The molecule has 0 amide bonds. The van der Waals surface area contributed by atoms with Gasteiger partial charge in [-0.05, 0) is 18.2 Å². The van der Waals surface area contributed by atoms with Crippen LogP contribution in [0.15, 0.2) is 22.6 Å². The van der Waals surface area contributed by atoms with Gasteiger partial charge in [0.15, 0.2) is 11.5 Å². The van der Waals surface area contributed by atoms with Crippen LogP contribution in [0.1, 0.15) is 5.89 Å². The molecule has 0 saturated carbocycles. The Hall–Kier alpha value is -2.04. The van der Waals surface area contributed by atoms with E-state index in [1.54, 1.807) is 6.92 Å². The molecule has 2 aromatic rings. The van der Waals surface area contributed by atoms with Crippen LogP contribution in [0.5, 0.6) is 0 Å². The standard InChI is InChI=1S/C11H12N2O3/c1-7-13-9-5-8(3-4-10(9)16-7)12-6-11(14)15-2/h3-5,12H,6H2,1-2H3. The largest absolute Gasteiger partial charge is 0.468 e. The first-order valence-electron chi connectivity index (χ1n) is 4.87. The zero-order chi connectivity index (χ0) is 11.5. The Morgan fingerprint density at radius 3 is 3.12 bits per heavy atom.